The lowest BCUT2D eigenvalue weighted by Crippen LogP contribution is -2.38. The van der Waals surface area contributed by atoms with Crippen molar-refractivity contribution in [3.63, 3.8) is 0 Å². The van der Waals surface area contributed by atoms with Gasteiger partial charge >= 0.3 is 0 Å². The quantitative estimate of drug-likeness (QED) is 0.782. The van der Waals surface area contributed by atoms with Crippen molar-refractivity contribution in [2.24, 2.45) is 0 Å². The zero-order chi connectivity index (χ0) is 17.9. The normalized spacial score (nSPS) is 15.8. The van der Waals surface area contributed by atoms with Crippen molar-refractivity contribution in [1.29, 1.82) is 0 Å². The molecule has 3 aromatic rings. The molecular weight excluding hydrogens is 330 g/mol. The number of carbonyl (C=O) groups is 1. The molecule has 4 rings (SSSR count). The van der Waals surface area contributed by atoms with Gasteiger partial charge in [-0.05, 0) is 31.2 Å². The van der Waals surface area contributed by atoms with Gasteiger partial charge in [0.15, 0.2) is 0 Å². The highest BCUT2D eigenvalue weighted by Gasteiger charge is 2.22. The number of morpholine rings is 1. The summed E-state index contributed by atoms with van der Waals surface area (Å²) in [6, 6.07) is 13.1. The Bertz CT molecular complexity index is 882. The van der Waals surface area contributed by atoms with Crippen molar-refractivity contribution >= 4 is 22.7 Å². The number of carbonyl (C=O) groups excluding carboxylic acids is 1. The van der Waals surface area contributed by atoms with Crippen LogP contribution in [0.5, 0.6) is 0 Å². The first-order valence-electron chi connectivity index (χ1n) is 8.79. The molecule has 1 aliphatic rings. The highest BCUT2D eigenvalue weighted by Crippen LogP contribution is 2.25. The molecule has 1 atom stereocenters. The lowest BCUT2D eigenvalue weighted by atomic mass is 10.1. The van der Waals surface area contributed by atoms with E-state index in [1.807, 2.05) is 37.3 Å². The standard InChI is InChI=1S/C20H21N3O3/c1-14(18-13-15-5-2-3-7-17(15)26-18)22-20(24)16-6-4-8-21-19(16)23-9-11-25-12-10-23/h2-8,13-14H,9-12H2,1H3,(H,22,24). The maximum Gasteiger partial charge on any atom is 0.255 e. The molecule has 6 nitrogen and oxygen atoms in total. The molecule has 6 heteroatoms. The first kappa shape index (κ1) is 16.6. The number of amides is 1. The number of benzene rings is 1. The molecule has 0 radical (unpaired) electrons. The zero-order valence-corrected chi connectivity index (χ0v) is 14.6. The highest BCUT2D eigenvalue weighted by atomic mass is 16.5. The first-order valence-corrected chi connectivity index (χ1v) is 8.79. The van der Waals surface area contributed by atoms with Crippen molar-refractivity contribution in [1.82, 2.24) is 10.3 Å². The van der Waals surface area contributed by atoms with E-state index in [0.717, 1.165) is 29.8 Å². The van der Waals surface area contributed by atoms with Crippen LogP contribution in [0.2, 0.25) is 0 Å². The number of hydrogen-bond donors (Lipinski definition) is 1. The van der Waals surface area contributed by atoms with Crippen LogP contribution in [-0.4, -0.2) is 37.2 Å². The van der Waals surface area contributed by atoms with Crippen LogP contribution in [0, 0.1) is 0 Å². The first-order chi connectivity index (χ1) is 12.7. The van der Waals surface area contributed by atoms with E-state index in [0.29, 0.717) is 24.6 Å². The summed E-state index contributed by atoms with van der Waals surface area (Å²) in [6.45, 7) is 4.67. The third-order valence-electron chi connectivity index (χ3n) is 4.56. The highest BCUT2D eigenvalue weighted by molar-refractivity contribution is 5.99. The fourth-order valence-electron chi connectivity index (χ4n) is 3.16. The van der Waals surface area contributed by atoms with Gasteiger partial charge in [-0.2, -0.15) is 0 Å². The Labute approximate surface area is 151 Å². The van der Waals surface area contributed by atoms with Crippen molar-refractivity contribution in [2.75, 3.05) is 31.2 Å². The topological polar surface area (TPSA) is 67.6 Å². The van der Waals surface area contributed by atoms with Crippen LogP contribution < -0.4 is 10.2 Å². The van der Waals surface area contributed by atoms with E-state index in [1.165, 1.54) is 0 Å². The van der Waals surface area contributed by atoms with Crippen LogP contribution in [0.25, 0.3) is 11.0 Å². The van der Waals surface area contributed by atoms with Gasteiger partial charge in [-0.25, -0.2) is 4.98 Å². The lowest BCUT2D eigenvalue weighted by molar-refractivity contribution is 0.0934. The summed E-state index contributed by atoms with van der Waals surface area (Å²) in [4.78, 5) is 19.4. The van der Waals surface area contributed by atoms with Gasteiger partial charge < -0.3 is 19.4 Å². The summed E-state index contributed by atoms with van der Waals surface area (Å²) < 4.78 is 11.2. The number of furan rings is 1. The number of ether oxygens (including phenoxy) is 1. The van der Waals surface area contributed by atoms with Gasteiger partial charge in [0.1, 0.15) is 17.2 Å². The third-order valence-corrected chi connectivity index (χ3v) is 4.56. The molecule has 0 bridgehead atoms. The minimum Gasteiger partial charge on any atom is -0.459 e. The maximum absolute atomic E-state index is 12.9. The van der Waals surface area contributed by atoms with E-state index in [1.54, 1.807) is 18.3 Å². The number of nitrogens with zero attached hydrogens (tertiary/aromatic N) is 2. The average Bonchev–Trinajstić information content (AvgIpc) is 3.13. The Balaban J connectivity index is 1.54. The fourth-order valence-corrected chi connectivity index (χ4v) is 3.16. The van der Waals surface area contributed by atoms with Gasteiger partial charge in [0, 0.05) is 24.7 Å². The Kier molecular flexibility index (Phi) is 4.58. The number of rotatable bonds is 4. The van der Waals surface area contributed by atoms with Gasteiger partial charge in [-0.15, -0.1) is 0 Å². The minimum atomic E-state index is -0.243. The van der Waals surface area contributed by atoms with E-state index in [4.69, 9.17) is 9.15 Å². The molecule has 134 valence electrons. The van der Waals surface area contributed by atoms with Crippen molar-refractivity contribution in [2.45, 2.75) is 13.0 Å². The summed E-state index contributed by atoms with van der Waals surface area (Å²) in [5.74, 6) is 1.27. The second kappa shape index (κ2) is 7.17. The van der Waals surface area contributed by atoms with E-state index in [-0.39, 0.29) is 11.9 Å². The van der Waals surface area contributed by atoms with Gasteiger partial charge in [-0.1, -0.05) is 18.2 Å². The molecule has 0 aliphatic carbocycles. The molecule has 1 aromatic carbocycles. The molecule has 0 saturated carbocycles. The number of nitrogens with one attached hydrogen (secondary N) is 1. The monoisotopic (exact) mass is 351 g/mol. The summed E-state index contributed by atoms with van der Waals surface area (Å²) in [5.41, 5.74) is 1.39. The fraction of sp³-hybridized carbons (Fsp3) is 0.300. The summed E-state index contributed by atoms with van der Waals surface area (Å²) in [5, 5.41) is 4.05. The maximum atomic E-state index is 12.9. The molecule has 1 amide bonds. The minimum absolute atomic E-state index is 0.160. The molecule has 1 aliphatic heterocycles. The Morgan fingerprint density at radius 1 is 1.19 bits per heavy atom. The second-order valence-electron chi connectivity index (χ2n) is 6.36. The molecule has 1 N–H and O–H groups in total. The summed E-state index contributed by atoms with van der Waals surface area (Å²) in [6.07, 6.45) is 1.71. The SMILES string of the molecule is CC(NC(=O)c1cccnc1N1CCOCC1)c1cc2ccccc2o1. The number of hydrogen-bond acceptors (Lipinski definition) is 5. The molecule has 2 aromatic heterocycles. The number of pyridine rings is 1. The molecular formula is C20H21N3O3. The molecule has 0 spiro atoms. The molecule has 1 unspecified atom stereocenters. The van der Waals surface area contributed by atoms with Crippen molar-refractivity contribution < 1.29 is 13.9 Å². The number of fused-ring (bicyclic) bond motifs is 1. The van der Waals surface area contributed by atoms with Gasteiger partial charge in [-0.3, -0.25) is 4.79 Å². The predicted octanol–water partition coefficient (Wildman–Crippen LogP) is 3.16. The van der Waals surface area contributed by atoms with E-state index >= 15 is 0 Å². The number of para-hydroxylation sites is 1. The summed E-state index contributed by atoms with van der Waals surface area (Å²) >= 11 is 0. The predicted molar refractivity (Wildman–Crippen MR) is 99.4 cm³/mol. The van der Waals surface area contributed by atoms with Crippen LogP contribution in [0.4, 0.5) is 5.82 Å². The van der Waals surface area contributed by atoms with Gasteiger partial charge in [0.2, 0.25) is 0 Å². The van der Waals surface area contributed by atoms with E-state index in [9.17, 15) is 4.79 Å². The van der Waals surface area contributed by atoms with Crippen LogP contribution in [0.1, 0.15) is 29.1 Å². The Morgan fingerprint density at radius 3 is 2.81 bits per heavy atom. The number of aromatic nitrogens is 1. The lowest BCUT2D eigenvalue weighted by Gasteiger charge is -2.29. The average molecular weight is 351 g/mol. The van der Waals surface area contributed by atoms with Crippen molar-refractivity contribution in [3.05, 3.63) is 60.0 Å². The van der Waals surface area contributed by atoms with E-state index < -0.39 is 0 Å². The largest absolute Gasteiger partial charge is 0.459 e. The van der Waals surface area contributed by atoms with Gasteiger partial charge in [0.25, 0.3) is 5.91 Å². The Hall–Kier alpha value is -2.86. The Morgan fingerprint density at radius 2 is 2.00 bits per heavy atom. The van der Waals surface area contributed by atoms with Crippen LogP contribution in [0.3, 0.4) is 0 Å². The van der Waals surface area contributed by atoms with Crippen LogP contribution >= 0.6 is 0 Å². The molecule has 3 heterocycles. The molecule has 1 fully saturated rings. The second-order valence-corrected chi connectivity index (χ2v) is 6.36. The van der Waals surface area contributed by atoms with Crippen LogP contribution in [-0.2, 0) is 4.74 Å². The van der Waals surface area contributed by atoms with Crippen LogP contribution in [0.15, 0.2) is 53.1 Å². The van der Waals surface area contributed by atoms with E-state index in [2.05, 4.69) is 15.2 Å². The molecule has 1 saturated heterocycles. The van der Waals surface area contributed by atoms with Crippen molar-refractivity contribution in [3.8, 4) is 0 Å². The third kappa shape index (κ3) is 3.28. The molecule has 26 heavy (non-hydrogen) atoms. The zero-order valence-electron chi connectivity index (χ0n) is 14.6. The number of anilines is 1. The smallest absolute Gasteiger partial charge is 0.255 e. The van der Waals surface area contributed by atoms with Gasteiger partial charge in [0.05, 0.1) is 24.8 Å². The summed E-state index contributed by atoms with van der Waals surface area (Å²) in [7, 11) is 0.